The minimum Gasteiger partial charge on any atom is -0.392 e. The largest absolute Gasteiger partial charge is 0.392 e. The summed E-state index contributed by atoms with van der Waals surface area (Å²) in [6, 6.07) is 0. The Morgan fingerprint density at radius 1 is 1.24 bits per heavy atom. The fourth-order valence-electron chi connectivity index (χ4n) is 1.86. The molecule has 0 aromatic carbocycles. The summed E-state index contributed by atoms with van der Waals surface area (Å²) >= 11 is 0. The SMILES string of the molecule is CCC(C=O)=CCCC(=O)C(CC)C(O)CC. The molecule has 0 heterocycles. The monoisotopic (exact) mass is 240 g/mol. The minimum absolute atomic E-state index is 0.0967. The van der Waals surface area contributed by atoms with Gasteiger partial charge in [-0.15, -0.1) is 0 Å². The fourth-order valence-corrected chi connectivity index (χ4v) is 1.86. The quantitative estimate of drug-likeness (QED) is 0.498. The number of aliphatic hydroxyl groups excluding tert-OH is 1. The number of ketones is 1. The van der Waals surface area contributed by atoms with Crippen LogP contribution in [0.4, 0.5) is 0 Å². The number of hydrogen-bond donors (Lipinski definition) is 1. The lowest BCUT2D eigenvalue weighted by atomic mass is 9.90. The van der Waals surface area contributed by atoms with Gasteiger partial charge < -0.3 is 5.11 Å². The van der Waals surface area contributed by atoms with Crippen LogP contribution in [0.15, 0.2) is 11.6 Å². The summed E-state index contributed by atoms with van der Waals surface area (Å²) in [6.07, 6.45) is 5.10. The summed E-state index contributed by atoms with van der Waals surface area (Å²) in [4.78, 5) is 22.4. The Morgan fingerprint density at radius 2 is 1.88 bits per heavy atom. The molecule has 0 bridgehead atoms. The molecule has 0 rings (SSSR count). The zero-order valence-corrected chi connectivity index (χ0v) is 11.1. The van der Waals surface area contributed by atoms with Crippen molar-refractivity contribution in [3.8, 4) is 0 Å². The smallest absolute Gasteiger partial charge is 0.145 e. The Hall–Kier alpha value is -0.960. The molecule has 0 aliphatic carbocycles. The lowest BCUT2D eigenvalue weighted by Gasteiger charge is -2.18. The van der Waals surface area contributed by atoms with Crippen LogP contribution in [0.3, 0.4) is 0 Å². The van der Waals surface area contributed by atoms with Crippen LogP contribution in [-0.4, -0.2) is 23.3 Å². The third-order valence-corrected chi connectivity index (χ3v) is 3.09. The van der Waals surface area contributed by atoms with Gasteiger partial charge in [0.2, 0.25) is 0 Å². The van der Waals surface area contributed by atoms with Crippen molar-refractivity contribution < 1.29 is 14.7 Å². The average Bonchev–Trinajstić information content (AvgIpc) is 2.35. The van der Waals surface area contributed by atoms with E-state index in [4.69, 9.17) is 0 Å². The normalized spacial score (nSPS) is 15.4. The fraction of sp³-hybridized carbons (Fsp3) is 0.714. The third kappa shape index (κ3) is 5.78. The second-order valence-electron chi connectivity index (χ2n) is 4.25. The van der Waals surface area contributed by atoms with E-state index in [-0.39, 0.29) is 11.7 Å². The van der Waals surface area contributed by atoms with E-state index in [1.54, 1.807) is 0 Å². The van der Waals surface area contributed by atoms with Gasteiger partial charge in [-0.2, -0.15) is 0 Å². The molecular weight excluding hydrogens is 216 g/mol. The Labute approximate surface area is 104 Å². The van der Waals surface area contributed by atoms with Gasteiger partial charge in [0, 0.05) is 12.3 Å². The highest BCUT2D eigenvalue weighted by Gasteiger charge is 2.22. The van der Waals surface area contributed by atoms with Crippen LogP contribution < -0.4 is 0 Å². The molecule has 0 aromatic rings. The van der Waals surface area contributed by atoms with Gasteiger partial charge in [-0.05, 0) is 31.3 Å². The first-order chi connectivity index (χ1) is 8.10. The molecule has 0 radical (unpaired) electrons. The van der Waals surface area contributed by atoms with Crippen LogP contribution in [0.25, 0.3) is 0 Å². The minimum atomic E-state index is -0.534. The van der Waals surface area contributed by atoms with Gasteiger partial charge >= 0.3 is 0 Å². The topological polar surface area (TPSA) is 54.4 Å². The van der Waals surface area contributed by atoms with Crippen molar-refractivity contribution in [2.24, 2.45) is 5.92 Å². The van der Waals surface area contributed by atoms with Crippen molar-refractivity contribution in [2.75, 3.05) is 0 Å². The zero-order valence-electron chi connectivity index (χ0n) is 11.1. The second kappa shape index (κ2) is 9.11. The van der Waals surface area contributed by atoms with E-state index >= 15 is 0 Å². The van der Waals surface area contributed by atoms with Crippen LogP contribution in [0.2, 0.25) is 0 Å². The molecule has 0 aromatic heterocycles. The van der Waals surface area contributed by atoms with Crippen LogP contribution in [0.5, 0.6) is 0 Å². The first-order valence-electron chi connectivity index (χ1n) is 6.45. The maximum Gasteiger partial charge on any atom is 0.145 e. The summed E-state index contributed by atoms with van der Waals surface area (Å²) in [6.45, 7) is 5.71. The van der Waals surface area contributed by atoms with Crippen molar-refractivity contribution in [3.05, 3.63) is 11.6 Å². The standard InChI is InChI=1S/C14H24O3/c1-4-11(10-15)8-7-9-14(17)12(5-2)13(16)6-3/h8,10,12-13,16H,4-7,9H2,1-3H3. The third-order valence-electron chi connectivity index (χ3n) is 3.09. The number of carbonyl (C=O) groups excluding carboxylic acids is 2. The number of Topliss-reactive ketones (excluding diaryl/α,β-unsaturated/α-hetero) is 1. The highest BCUT2D eigenvalue weighted by molar-refractivity contribution is 5.82. The van der Waals surface area contributed by atoms with Gasteiger partial charge in [-0.3, -0.25) is 9.59 Å². The van der Waals surface area contributed by atoms with E-state index in [9.17, 15) is 14.7 Å². The molecule has 0 aliphatic rings. The molecule has 0 saturated heterocycles. The molecule has 0 aliphatic heterocycles. The van der Waals surface area contributed by atoms with Crippen LogP contribution >= 0.6 is 0 Å². The Morgan fingerprint density at radius 3 is 2.29 bits per heavy atom. The predicted octanol–water partition coefficient (Wildman–Crippen LogP) is 2.67. The molecule has 0 spiro atoms. The van der Waals surface area contributed by atoms with Gasteiger partial charge in [0.15, 0.2) is 0 Å². The predicted molar refractivity (Wildman–Crippen MR) is 68.8 cm³/mol. The first kappa shape index (κ1) is 16.0. The molecule has 2 atom stereocenters. The van der Waals surface area contributed by atoms with Crippen LogP contribution in [0, 0.1) is 5.92 Å². The lowest BCUT2D eigenvalue weighted by molar-refractivity contribution is -0.126. The molecule has 1 N–H and O–H groups in total. The summed E-state index contributed by atoms with van der Waals surface area (Å²) in [5, 5.41) is 9.70. The van der Waals surface area contributed by atoms with Gasteiger partial charge in [-0.25, -0.2) is 0 Å². The maximum absolute atomic E-state index is 11.9. The van der Waals surface area contributed by atoms with Crippen molar-refractivity contribution in [2.45, 2.75) is 59.0 Å². The summed E-state index contributed by atoms with van der Waals surface area (Å²) in [5.74, 6) is -0.158. The summed E-state index contributed by atoms with van der Waals surface area (Å²) in [7, 11) is 0. The molecule has 98 valence electrons. The van der Waals surface area contributed by atoms with Crippen LogP contribution in [-0.2, 0) is 9.59 Å². The van der Waals surface area contributed by atoms with Gasteiger partial charge in [0.1, 0.15) is 12.1 Å². The molecule has 0 fully saturated rings. The van der Waals surface area contributed by atoms with E-state index in [1.165, 1.54) is 0 Å². The Kier molecular flexibility index (Phi) is 8.60. The molecule has 2 unspecified atom stereocenters. The average molecular weight is 240 g/mol. The number of hydrogen-bond acceptors (Lipinski definition) is 3. The maximum atomic E-state index is 11.9. The van der Waals surface area contributed by atoms with Gasteiger partial charge in [0.25, 0.3) is 0 Å². The Bertz CT molecular complexity index is 269. The van der Waals surface area contributed by atoms with E-state index < -0.39 is 6.10 Å². The van der Waals surface area contributed by atoms with Crippen molar-refractivity contribution in [1.29, 1.82) is 0 Å². The van der Waals surface area contributed by atoms with Crippen LogP contribution in [0.1, 0.15) is 52.9 Å². The number of allylic oxidation sites excluding steroid dienone is 2. The van der Waals surface area contributed by atoms with Crippen molar-refractivity contribution in [1.82, 2.24) is 0 Å². The number of aliphatic hydroxyl groups is 1. The van der Waals surface area contributed by atoms with E-state index in [0.29, 0.717) is 32.1 Å². The number of rotatable bonds is 9. The molecule has 3 nitrogen and oxygen atoms in total. The Balaban J connectivity index is 4.24. The highest BCUT2D eigenvalue weighted by atomic mass is 16.3. The molecule has 3 heteroatoms. The molecule has 0 amide bonds. The van der Waals surface area contributed by atoms with Crippen molar-refractivity contribution >= 4 is 12.1 Å². The molecule has 0 saturated carbocycles. The second-order valence-corrected chi connectivity index (χ2v) is 4.25. The van der Waals surface area contributed by atoms with E-state index in [0.717, 1.165) is 11.9 Å². The van der Waals surface area contributed by atoms with E-state index in [1.807, 2.05) is 26.8 Å². The highest BCUT2D eigenvalue weighted by Crippen LogP contribution is 2.16. The van der Waals surface area contributed by atoms with Gasteiger partial charge in [0.05, 0.1) is 6.10 Å². The number of aldehydes is 1. The molecular formula is C14H24O3. The molecule has 17 heavy (non-hydrogen) atoms. The first-order valence-corrected chi connectivity index (χ1v) is 6.45. The van der Waals surface area contributed by atoms with Crippen molar-refractivity contribution in [3.63, 3.8) is 0 Å². The lowest BCUT2D eigenvalue weighted by Crippen LogP contribution is -2.27. The summed E-state index contributed by atoms with van der Waals surface area (Å²) < 4.78 is 0. The van der Waals surface area contributed by atoms with Gasteiger partial charge in [-0.1, -0.05) is 26.8 Å². The summed E-state index contributed by atoms with van der Waals surface area (Å²) in [5.41, 5.74) is 0.738. The number of carbonyl (C=O) groups is 2. The zero-order chi connectivity index (χ0) is 13.3. The van der Waals surface area contributed by atoms with E-state index in [2.05, 4.69) is 0 Å².